The van der Waals surface area contributed by atoms with Gasteiger partial charge in [0, 0.05) is 13.7 Å². The average Bonchev–Trinajstić information content (AvgIpc) is 1.82. The number of carbonyl (C=O) groups is 1. The van der Waals surface area contributed by atoms with Crippen molar-refractivity contribution in [3.63, 3.8) is 0 Å². The van der Waals surface area contributed by atoms with Gasteiger partial charge in [-0.2, -0.15) is 0 Å². The summed E-state index contributed by atoms with van der Waals surface area (Å²) < 4.78 is 4.73. The smallest absolute Gasteiger partial charge is 0.146 e. The van der Waals surface area contributed by atoms with Crippen molar-refractivity contribution in [3.05, 3.63) is 0 Å². The van der Waals surface area contributed by atoms with E-state index in [1.807, 2.05) is 0 Å². The first-order valence-corrected chi connectivity index (χ1v) is 2.93. The van der Waals surface area contributed by atoms with E-state index in [-0.39, 0.29) is 11.8 Å². The molecule has 0 amide bonds. The third-order valence-corrected chi connectivity index (χ3v) is 1.16. The molecule has 0 aliphatic heterocycles. The second kappa shape index (κ2) is 4.47. The molecule has 0 spiro atoms. The zero-order valence-electron chi connectivity index (χ0n) is 5.89. The molecule has 0 aliphatic rings. The predicted molar refractivity (Wildman–Crippen MR) is 35.1 cm³/mol. The second-order valence-electron chi connectivity index (χ2n) is 2.00. The van der Waals surface area contributed by atoms with Gasteiger partial charge in [0.2, 0.25) is 0 Å². The van der Waals surface area contributed by atoms with Gasteiger partial charge in [-0.3, -0.25) is 4.79 Å². The van der Waals surface area contributed by atoms with Crippen LogP contribution >= 0.6 is 0 Å². The van der Waals surface area contributed by atoms with Crippen LogP contribution in [0.3, 0.4) is 0 Å². The van der Waals surface area contributed by atoms with Gasteiger partial charge >= 0.3 is 0 Å². The predicted octanol–water partition coefficient (Wildman–Crippen LogP) is -0.0608. The van der Waals surface area contributed by atoms with Crippen LogP contribution in [0.25, 0.3) is 0 Å². The Bertz CT molecular complexity index is 93.1. The van der Waals surface area contributed by atoms with Crippen LogP contribution in [0.5, 0.6) is 0 Å². The van der Waals surface area contributed by atoms with Crippen molar-refractivity contribution >= 4 is 5.78 Å². The summed E-state index contributed by atoms with van der Waals surface area (Å²) in [5.74, 6) is 0.0204. The van der Waals surface area contributed by atoms with Crippen molar-refractivity contribution in [2.45, 2.75) is 19.4 Å². The van der Waals surface area contributed by atoms with Gasteiger partial charge in [0.05, 0.1) is 6.04 Å². The molecular formula is C6H13NO2. The fourth-order valence-electron chi connectivity index (χ4n) is 0.448. The molecule has 1 atom stereocenters. The van der Waals surface area contributed by atoms with Gasteiger partial charge in [-0.1, -0.05) is 0 Å². The van der Waals surface area contributed by atoms with Crippen LogP contribution < -0.4 is 5.73 Å². The van der Waals surface area contributed by atoms with Crippen molar-refractivity contribution < 1.29 is 9.53 Å². The lowest BCUT2D eigenvalue weighted by Gasteiger charge is -2.04. The molecule has 0 heterocycles. The summed E-state index contributed by atoms with van der Waals surface area (Å²) in [7, 11) is 1.59. The molecule has 0 saturated carbocycles. The first-order valence-electron chi connectivity index (χ1n) is 2.93. The molecule has 0 aliphatic carbocycles. The Morgan fingerprint density at radius 2 is 2.33 bits per heavy atom. The van der Waals surface area contributed by atoms with Crippen molar-refractivity contribution in [3.8, 4) is 0 Å². The van der Waals surface area contributed by atoms with Crippen LogP contribution in [0.2, 0.25) is 0 Å². The number of Topliss-reactive ketones (excluding diaryl/α,β-unsaturated/α-hetero) is 1. The van der Waals surface area contributed by atoms with Gasteiger partial charge in [0.15, 0.2) is 0 Å². The van der Waals surface area contributed by atoms with Crippen LogP contribution in [0, 0.1) is 0 Å². The van der Waals surface area contributed by atoms with E-state index in [9.17, 15) is 4.79 Å². The number of methoxy groups -OCH3 is 1. The SMILES string of the molecule is COCCC(N)C(C)=O. The van der Waals surface area contributed by atoms with Gasteiger partial charge in [-0.15, -0.1) is 0 Å². The van der Waals surface area contributed by atoms with E-state index in [4.69, 9.17) is 10.5 Å². The highest BCUT2D eigenvalue weighted by Crippen LogP contribution is 1.88. The topological polar surface area (TPSA) is 52.3 Å². The van der Waals surface area contributed by atoms with E-state index in [1.165, 1.54) is 6.92 Å². The molecule has 3 heteroatoms. The molecule has 54 valence electrons. The van der Waals surface area contributed by atoms with Crippen molar-refractivity contribution in [1.82, 2.24) is 0 Å². The summed E-state index contributed by atoms with van der Waals surface area (Å²) in [6.07, 6.45) is 0.617. The fraction of sp³-hybridized carbons (Fsp3) is 0.833. The van der Waals surface area contributed by atoms with Crippen molar-refractivity contribution in [2.24, 2.45) is 5.73 Å². The number of hydrogen-bond donors (Lipinski definition) is 1. The van der Waals surface area contributed by atoms with Gasteiger partial charge < -0.3 is 10.5 Å². The molecule has 0 saturated heterocycles. The van der Waals surface area contributed by atoms with Gasteiger partial charge in [0.25, 0.3) is 0 Å². The monoisotopic (exact) mass is 131 g/mol. The maximum Gasteiger partial charge on any atom is 0.146 e. The lowest BCUT2D eigenvalue weighted by Crippen LogP contribution is -2.29. The Morgan fingerprint density at radius 3 is 2.67 bits per heavy atom. The molecule has 0 aromatic heterocycles. The van der Waals surface area contributed by atoms with Crippen LogP contribution in [0.4, 0.5) is 0 Å². The van der Waals surface area contributed by atoms with Crippen LogP contribution in [-0.4, -0.2) is 25.5 Å². The van der Waals surface area contributed by atoms with E-state index in [1.54, 1.807) is 7.11 Å². The van der Waals surface area contributed by atoms with E-state index in [0.29, 0.717) is 13.0 Å². The molecular weight excluding hydrogens is 118 g/mol. The minimum Gasteiger partial charge on any atom is -0.385 e. The molecule has 0 fully saturated rings. The van der Waals surface area contributed by atoms with Crippen LogP contribution in [-0.2, 0) is 9.53 Å². The van der Waals surface area contributed by atoms with Gasteiger partial charge in [-0.25, -0.2) is 0 Å². The first kappa shape index (κ1) is 8.59. The number of ether oxygens (including phenoxy) is 1. The first-order chi connectivity index (χ1) is 4.18. The zero-order chi connectivity index (χ0) is 7.28. The lowest BCUT2D eigenvalue weighted by atomic mass is 10.2. The molecule has 9 heavy (non-hydrogen) atoms. The molecule has 0 rings (SSSR count). The second-order valence-corrected chi connectivity index (χ2v) is 2.00. The molecule has 0 bridgehead atoms. The Labute approximate surface area is 55.2 Å². The molecule has 2 N–H and O–H groups in total. The highest BCUT2D eigenvalue weighted by atomic mass is 16.5. The van der Waals surface area contributed by atoms with E-state index in [0.717, 1.165) is 0 Å². The maximum absolute atomic E-state index is 10.5. The quantitative estimate of drug-likeness (QED) is 0.581. The standard InChI is InChI=1S/C6H13NO2/c1-5(8)6(7)3-4-9-2/h6H,3-4,7H2,1-2H3. The average molecular weight is 131 g/mol. The molecule has 1 unspecified atom stereocenters. The molecule has 0 aromatic carbocycles. The summed E-state index contributed by atoms with van der Waals surface area (Å²) in [6.45, 7) is 2.04. The van der Waals surface area contributed by atoms with Gasteiger partial charge in [-0.05, 0) is 13.3 Å². The number of hydrogen-bond acceptors (Lipinski definition) is 3. The highest BCUT2D eigenvalue weighted by Gasteiger charge is 2.05. The lowest BCUT2D eigenvalue weighted by molar-refractivity contribution is -0.118. The highest BCUT2D eigenvalue weighted by molar-refractivity contribution is 5.81. The largest absolute Gasteiger partial charge is 0.385 e. The Kier molecular flexibility index (Phi) is 4.26. The summed E-state index contributed by atoms with van der Waals surface area (Å²) in [5.41, 5.74) is 5.37. The Hall–Kier alpha value is -0.410. The molecule has 0 radical (unpaired) electrons. The Balaban J connectivity index is 3.27. The van der Waals surface area contributed by atoms with Crippen LogP contribution in [0.1, 0.15) is 13.3 Å². The maximum atomic E-state index is 10.5. The van der Waals surface area contributed by atoms with Crippen molar-refractivity contribution in [1.29, 1.82) is 0 Å². The summed E-state index contributed by atoms with van der Waals surface area (Å²) in [6, 6.07) is -0.343. The number of carbonyl (C=O) groups excluding carboxylic acids is 1. The third-order valence-electron chi connectivity index (χ3n) is 1.16. The van der Waals surface area contributed by atoms with Crippen molar-refractivity contribution in [2.75, 3.05) is 13.7 Å². The summed E-state index contributed by atoms with van der Waals surface area (Å²) in [4.78, 5) is 10.5. The minimum absolute atomic E-state index is 0.0204. The zero-order valence-corrected chi connectivity index (χ0v) is 5.89. The Morgan fingerprint density at radius 1 is 1.78 bits per heavy atom. The number of rotatable bonds is 4. The minimum atomic E-state index is -0.343. The third kappa shape index (κ3) is 4.12. The summed E-state index contributed by atoms with van der Waals surface area (Å²) >= 11 is 0. The van der Waals surface area contributed by atoms with E-state index < -0.39 is 0 Å². The van der Waals surface area contributed by atoms with Gasteiger partial charge in [0.1, 0.15) is 5.78 Å². The fourth-order valence-corrected chi connectivity index (χ4v) is 0.448. The molecule has 0 aromatic rings. The number of ketones is 1. The van der Waals surface area contributed by atoms with E-state index >= 15 is 0 Å². The normalized spacial score (nSPS) is 13.2. The number of nitrogens with two attached hydrogens (primary N) is 1. The summed E-state index contributed by atoms with van der Waals surface area (Å²) in [5, 5.41) is 0. The molecule has 3 nitrogen and oxygen atoms in total. The van der Waals surface area contributed by atoms with E-state index in [2.05, 4.69) is 0 Å². The van der Waals surface area contributed by atoms with Crippen LogP contribution in [0.15, 0.2) is 0 Å².